The lowest BCUT2D eigenvalue weighted by molar-refractivity contribution is -0.122. The maximum absolute atomic E-state index is 12.0. The average molecular weight is 322 g/mol. The summed E-state index contributed by atoms with van der Waals surface area (Å²) in [5, 5.41) is 3.21. The number of nitrogens with one attached hydrogen (secondary N) is 1. The van der Waals surface area contributed by atoms with Gasteiger partial charge in [0.15, 0.2) is 0 Å². The summed E-state index contributed by atoms with van der Waals surface area (Å²) in [6.07, 6.45) is 1.10. The molecule has 0 bridgehead atoms. The van der Waals surface area contributed by atoms with E-state index in [-0.39, 0.29) is 24.7 Å². The third-order valence-corrected chi connectivity index (χ3v) is 4.82. The van der Waals surface area contributed by atoms with Gasteiger partial charge in [0.05, 0.1) is 12.2 Å². The zero-order chi connectivity index (χ0) is 15.9. The molecule has 1 N–H and O–H groups in total. The number of carbonyl (C=O) groups is 1. The Hall–Kier alpha value is -2.19. The van der Waals surface area contributed by atoms with Crippen molar-refractivity contribution < 1.29 is 17.6 Å². The first-order valence-electron chi connectivity index (χ1n) is 6.63. The third-order valence-electron chi connectivity index (χ3n) is 3.59. The Balaban J connectivity index is 1.75. The molecule has 1 aliphatic rings. The Morgan fingerprint density at radius 3 is 2.68 bits per heavy atom. The zero-order valence-electron chi connectivity index (χ0n) is 11.8. The Bertz CT molecular complexity index is 897. The predicted molar refractivity (Wildman–Crippen MR) is 81.0 cm³/mol. The standard InChI is InChI=1S/C14H14N2O5S/c1-22(19,20)16-7-10(8-16)13(17)15-11-6-9-4-2-3-5-12(9)21-14(11)18/h2-6,10H,7-8H2,1H3,(H,15,17). The first-order valence-corrected chi connectivity index (χ1v) is 8.48. The van der Waals surface area contributed by atoms with Gasteiger partial charge in [-0.25, -0.2) is 17.5 Å². The van der Waals surface area contributed by atoms with E-state index in [0.29, 0.717) is 11.0 Å². The van der Waals surface area contributed by atoms with Crippen molar-refractivity contribution in [1.82, 2.24) is 4.31 Å². The van der Waals surface area contributed by atoms with Gasteiger partial charge >= 0.3 is 5.63 Å². The summed E-state index contributed by atoms with van der Waals surface area (Å²) in [7, 11) is -3.27. The third kappa shape index (κ3) is 2.75. The van der Waals surface area contributed by atoms with E-state index in [1.54, 1.807) is 30.3 Å². The molecule has 0 aliphatic carbocycles. The molecule has 0 radical (unpaired) electrons. The van der Waals surface area contributed by atoms with E-state index in [9.17, 15) is 18.0 Å². The number of nitrogens with zero attached hydrogens (tertiary/aromatic N) is 1. The Morgan fingerprint density at radius 2 is 2.00 bits per heavy atom. The van der Waals surface area contributed by atoms with E-state index < -0.39 is 21.6 Å². The van der Waals surface area contributed by atoms with Gasteiger partial charge in [0.1, 0.15) is 11.3 Å². The van der Waals surface area contributed by atoms with Crippen molar-refractivity contribution in [3.63, 3.8) is 0 Å². The van der Waals surface area contributed by atoms with Crippen LogP contribution < -0.4 is 10.9 Å². The van der Waals surface area contributed by atoms with E-state index in [2.05, 4.69) is 5.32 Å². The molecule has 2 aromatic rings. The van der Waals surface area contributed by atoms with Crippen LogP contribution in [-0.4, -0.2) is 38.0 Å². The van der Waals surface area contributed by atoms with Crippen molar-refractivity contribution in [3.05, 3.63) is 40.8 Å². The van der Waals surface area contributed by atoms with Gasteiger partial charge in [0.2, 0.25) is 15.9 Å². The van der Waals surface area contributed by atoms with Crippen molar-refractivity contribution in [3.8, 4) is 0 Å². The maximum atomic E-state index is 12.0. The number of rotatable bonds is 3. The highest BCUT2D eigenvalue weighted by atomic mass is 32.2. The Morgan fingerprint density at radius 1 is 1.32 bits per heavy atom. The number of para-hydroxylation sites is 1. The summed E-state index contributed by atoms with van der Waals surface area (Å²) in [6, 6.07) is 8.52. The Labute approximate surface area is 126 Å². The summed E-state index contributed by atoms with van der Waals surface area (Å²) >= 11 is 0. The lowest BCUT2D eigenvalue weighted by Gasteiger charge is -2.35. The van der Waals surface area contributed by atoms with Gasteiger partial charge in [0.25, 0.3) is 0 Å². The van der Waals surface area contributed by atoms with Crippen LogP contribution in [0, 0.1) is 5.92 Å². The van der Waals surface area contributed by atoms with Gasteiger partial charge in [-0.1, -0.05) is 18.2 Å². The molecule has 7 nitrogen and oxygen atoms in total. The zero-order valence-corrected chi connectivity index (χ0v) is 12.6. The highest BCUT2D eigenvalue weighted by Crippen LogP contribution is 2.21. The monoisotopic (exact) mass is 322 g/mol. The molecule has 0 atom stereocenters. The number of hydrogen-bond donors (Lipinski definition) is 1. The summed E-state index contributed by atoms with van der Waals surface area (Å²) in [5.41, 5.74) is -0.134. The van der Waals surface area contributed by atoms with Crippen LogP contribution in [0.2, 0.25) is 0 Å². The van der Waals surface area contributed by atoms with E-state index >= 15 is 0 Å². The summed E-state index contributed by atoms with van der Waals surface area (Å²) in [6.45, 7) is 0.257. The first-order chi connectivity index (χ1) is 10.3. The summed E-state index contributed by atoms with van der Waals surface area (Å²) in [4.78, 5) is 23.9. The highest BCUT2D eigenvalue weighted by molar-refractivity contribution is 7.88. The SMILES string of the molecule is CS(=O)(=O)N1CC(C(=O)Nc2cc3ccccc3oc2=O)C1. The number of hydrogen-bond acceptors (Lipinski definition) is 5. The second kappa shape index (κ2) is 5.22. The molecule has 0 saturated carbocycles. The molecule has 0 unspecified atom stereocenters. The molecule has 8 heteroatoms. The molecule has 1 aromatic carbocycles. The van der Waals surface area contributed by atoms with E-state index in [1.807, 2.05) is 0 Å². The lowest BCUT2D eigenvalue weighted by Crippen LogP contribution is -2.54. The fraction of sp³-hybridized carbons (Fsp3) is 0.286. The molecular formula is C14H14N2O5S. The minimum absolute atomic E-state index is 0.0569. The number of anilines is 1. The van der Waals surface area contributed by atoms with E-state index in [0.717, 1.165) is 6.26 Å². The van der Waals surface area contributed by atoms with Gasteiger partial charge in [0, 0.05) is 18.5 Å². The van der Waals surface area contributed by atoms with Gasteiger partial charge in [-0.2, -0.15) is 0 Å². The van der Waals surface area contributed by atoms with Crippen LogP contribution in [0.5, 0.6) is 0 Å². The van der Waals surface area contributed by atoms with E-state index in [1.165, 1.54) is 4.31 Å². The van der Waals surface area contributed by atoms with Crippen LogP contribution in [0.1, 0.15) is 0 Å². The predicted octanol–water partition coefficient (Wildman–Crippen LogP) is 0.623. The molecule has 1 saturated heterocycles. The minimum atomic E-state index is -3.27. The molecule has 116 valence electrons. The molecule has 1 fully saturated rings. The number of amides is 1. The number of sulfonamides is 1. The fourth-order valence-corrected chi connectivity index (χ4v) is 3.16. The van der Waals surface area contributed by atoms with Crippen LogP contribution in [0.3, 0.4) is 0 Å². The number of carbonyl (C=O) groups excluding carboxylic acids is 1. The molecular weight excluding hydrogens is 308 g/mol. The van der Waals surface area contributed by atoms with Gasteiger partial charge in [-0.05, 0) is 12.1 Å². The van der Waals surface area contributed by atoms with Crippen LogP contribution in [-0.2, 0) is 14.8 Å². The average Bonchev–Trinajstić information content (AvgIpc) is 2.36. The van der Waals surface area contributed by atoms with Crippen LogP contribution in [0.4, 0.5) is 5.69 Å². The van der Waals surface area contributed by atoms with E-state index in [4.69, 9.17) is 4.42 Å². The van der Waals surface area contributed by atoms with Crippen LogP contribution in [0.15, 0.2) is 39.5 Å². The summed E-state index contributed by atoms with van der Waals surface area (Å²) < 4.78 is 28.9. The molecule has 22 heavy (non-hydrogen) atoms. The number of fused-ring (bicyclic) bond motifs is 1. The topological polar surface area (TPSA) is 96.7 Å². The molecule has 1 amide bonds. The van der Waals surface area contributed by atoms with Gasteiger partial charge < -0.3 is 9.73 Å². The largest absolute Gasteiger partial charge is 0.421 e. The van der Waals surface area contributed by atoms with Crippen LogP contribution >= 0.6 is 0 Å². The lowest BCUT2D eigenvalue weighted by atomic mass is 10.0. The second-order valence-electron chi connectivity index (χ2n) is 5.25. The van der Waals surface area contributed by atoms with Crippen LogP contribution in [0.25, 0.3) is 11.0 Å². The molecule has 1 aromatic heterocycles. The fourth-order valence-electron chi connectivity index (χ4n) is 2.26. The highest BCUT2D eigenvalue weighted by Gasteiger charge is 2.37. The van der Waals surface area contributed by atoms with Gasteiger partial charge in [-0.15, -0.1) is 0 Å². The molecule has 3 rings (SSSR count). The second-order valence-corrected chi connectivity index (χ2v) is 7.23. The smallest absolute Gasteiger partial charge is 0.360 e. The summed E-state index contributed by atoms with van der Waals surface area (Å²) in [5.74, 6) is -0.844. The van der Waals surface area contributed by atoms with Crippen molar-refractivity contribution in [2.45, 2.75) is 0 Å². The Kier molecular flexibility index (Phi) is 3.50. The maximum Gasteiger partial charge on any atom is 0.360 e. The molecule has 0 spiro atoms. The van der Waals surface area contributed by atoms with Crippen molar-refractivity contribution in [2.75, 3.05) is 24.7 Å². The van der Waals surface area contributed by atoms with Crippen molar-refractivity contribution >= 4 is 32.6 Å². The van der Waals surface area contributed by atoms with Crippen molar-refractivity contribution in [1.29, 1.82) is 0 Å². The van der Waals surface area contributed by atoms with Crippen molar-refractivity contribution in [2.24, 2.45) is 5.92 Å². The minimum Gasteiger partial charge on any atom is -0.421 e. The number of benzene rings is 1. The molecule has 1 aliphatic heterocycles. The quantitative estimate of drug-likeness (QED) is 0.836. The normalized spacial score (nSPS) is 16.4. The molecule has 2 heterocycles. The van der Waals surface area contributed by atoms with Gasteiger partial charge in [-0.3, -0.25) is 4.79 Å². The first kappa shape index (κ1) is 14.7.